The monoisotopic (exact) mass is 396 g/mol. The third-order valence-electron chi connectivity index (χ3n) is 5.34. The molecular formula is C19H32N4O3S. The van der Waals surface area contributed by atoms with Gasteiger partial charge in [-0.3, -0.25) is 9.69 Å². The number of nitrogens with zero attached hydrogens (tertiary/aromatic N) is 1. The third kappa shape index (κ3) is 6.88. The van der Waals surface area contributed by atoms with Gasteiger partial charge in [0.25, 0.3) is 0 Å². The topological polar surface area (TPSA) is 105 Å². The van der Waals surface area contributed by atoms with Crippen LogP contribution in [0.15, 0.2) is 29.2 Å². The Balaban J connectivity index is 1.72. The van der Waals surface area contributed by atoms with Crippen LogP contribution in [0.1, 0.15) is 31.7 Å². The van der Waals surface area contributed by atoms with Gasteiger partial charge in [-0.1, -0.05) is 12.1 Å². The Morgan fingerprint density at radius 1 is 1.22 bits per heavy atom. The van der Waals surface area contributed by atoms with E-state index in [4.69, 9.17) is 5.14 Å². The fourth-order valence-electron chi connectivity index (χ4n) is 3.47. The van der Waals surface area contributed by atoms with Crippen LogP contribution >= 0.6 is 0 Å². The first kappa shape index (κ1) is 21.8. The molecule has 7 nitrogen and oxygen atoms in total. The first-order chi connectivity index (χ1) is 12.8. The van der Waals surface area contributed by atoms with Crippen molar-refractivity contribution < 1.29 is 13.2 Å². The van der Waals surface area contributed by atoms with Gasteiger partial charge in [0.1, 0.15) is 0 Å². The molecule has 1 aromatic rings. The number of nitrogens with two attached hydrogens (primary N) is 1. The Kier molecular flexibility index (Phi) is 8.22. The van der Waals surface area contributed by atoms with Gasteiger partial charge in [0, 0.05) is 6.54 Å². The highest BCUT2D eigenvalue weighted by Gasteiger charge is 2.26. The molecule has 0 aromatic heterocycles. The molecule has 0 radical (unpaired) electrons. The number of nitrogens with one attached hydrogen (secondary N) is 2. The van der Waals surface area contributed by atoms with Crippen molar-refractivity contribution in [2.75, 3.05) is 33.2 Å². The SMILES string of the molecule is CNCCC1CCN(C(C)C(=O)NCCc2ccc(S(N)(=O)=O)cc2)CC1. The lowest BCUT2D eigenvalue weighted by Crippen LogP contribution is -2.48. The summed E-state index contributed by atoms with van der Waals surface area (Å²) in [6, 6.07) is 6.32. The molecule has 0 bridgehead atoms. The van der Waals surface area contributed by atoms with E-state index < -0.39 is 10.0 Å². The third-order valence-corrected chi connectivity index (χ3v) is 6.27. The molecule has 0 spiro atoms. The van der Waals surface area contributed by atoms with E-state index in [1.807, 2.05) is 14.0 Å². The number of hydrogen-bond acceptors (Lipinski definition) is 5. The van der Waals surface area contributed by atoms with Crippen molar-refractivity contribution in [1.29, 1.82) is 0 Å². The molecule has 1 atom stereocenters. The Bertz CT molecular complexity index is 698. The number of amides is 1. The zero-order chi connectivity index (χ0) is 19.9. The molecule has 1 saturated heterocycles. The zero-order valence-corrected chi connectivity index (χ0v) is 17.1. The van der Waals surface area contributed by atoms with Crippen molar-refractivity contribution >= 4 is 15.9 Å². The van der Waals surface area contributed by atoms with Gasteiger partial charge in [0.15, 0.2) is 0 Å². The van der Waals surface area contributed by atoms with Crippen LogP contribution in [0, 0.1) is 5.92 Å². The van der Waals surface area contributed by atoms with Crippen LogP contribution in [0.5, 0.6) is 0 Å². The summed E-state index contributed by atoms with van der Waals surface area (Å²) < 4.78 is 22.5. The van der Waals surface area contributed by atoms with Gasteiger partial charge >= 0.3 is 0 Å². The van der Waals surface area contributed by atoms with E-state index in [0.29, 0.717) is 13.0 Å². The van der Waals surface area contributed by atoms with Gasteiger partial charge < -0.3 is 10.6 Å². The van der Waals surface area contributed by atoms with Crippen molar-refractivity contribution in [3.63, 3.8) is 0 Å². The fraction of sp³-hybridized carbons (Fsp3) is 0.632. The molecule has 1 fully saturated rings. The summed E-state index contributed by atoms with van der Waals surface area (Å²) in [5, 5.41) is 11.3. The van der Waals surface area contributed by atoms with Gasteiger partial charge in [-0.2, -0.15) is 0 Å². The van der Waals surface area contributed by atoms with Gasteiger partial charge in [0.2, 0.25) is 15.9 Å². The Hall–Kier alpha value is -1.48. The molecule has 1 aliphatic rings. The van der Waals surface area contributed by atoms with Crippen molar-refractivity contribution in [1.82, 2.24) is 15.5 Å². The highest BCUT2D eigenvalue weighted by molar-refractivity contribution is 7.89. The number of benzene rings is 1. The second kappa shape index (κ2) is 10.2. The molecule has 1 amide bonds. The van der Waals surface area contributed by atoms with Gasteiger partial charge in [-0.15, -0.1) is 0 Å². The maximum Gasteiger partial charge on any atom is 0.238 e. The minimum atomic E-state index is -3.67. The Morgan fingerprint density at radius 3 is 2.41 bits per heavy atom. The Morgan fingerprint density at radius 2 is 1.85 bits per heavy atom. The summed E-state index contributed by atoms with van der Waals surface area (Å²) in [5.41, 5.74) is 0.959. The second-order valence-electron chi connectivity index (χ2n) is 7.28. The van der Waals surface area contributed by atoms with E-state index in [9.17, 15) is 13.2 Å². The standard InChI is InChI=1S/C19H32N4O3S/c1-15(23-13-9-17(10-14-23)7-11-21-2)19(24)22-12-8-16-3-5-18(6-4-16)27(20,25)26/h3-6,15,17,21H,7-14H2,1-2H3,(H,22,24)(H2,20,25,26). The van der Waals surface area contributed by atoms with E-state index >= 15 is 0 Å². The highest BCUT2D eigenvalue weighted by atomic mass is 32.2. The van der Waals surface area contributed by atoms with Crippen LogP contribution in [0.4, 0.5) is 0 Å². The van der Waals surface area contributed by atoms with Crippen molar-refractivity contribution in [2.24, 2.45) is 11.1 Å². The van der Waals surface area contributed by atoms with Crippen molar-refractivity contribution in [2.45, 2.75) is 43.5 Å². The number of primary sulfonamides is 1. The first-order valence-electron chi connectivity index (χ1n) is 9.59. The number of piperidine rings is 1. The molecule has 4 N–H and O–H groups in total. The molecule has 27 heavy (non-hydrogen) atoms. The zero-order valence-electron chi connectivity index (χ0n) is 16.3. The van der Waals surface area contributed by atoms with Crippen LogP contribution in [-0.4, -0.2) is 58.5 Å². The molecular weight excluding hydrogens is 364 g/mol. The van der Waals surface area contributed by atoms with Crippen LogP contribution < -0.4 is 15.8 Å². The van der Waals surface area contributed by atoms with Crippen LogP contribution in [-0.2, 0) is 21.2 Å². The summed E-state index contributed by atoms with van der Waals surface area (Å²) in [6.45, 7) is 5.48. The largest absolute Gasteiger partial charge is 0.354 e. The minimum Gasteiger partial charge on any atom is -0.354 e. The van der Waals surface area contributed by atoms with Crippen LogP contribution in [0.3, 0.4) is 0 Å². The summed E-state index contributed by atoms with van der Waals surface area (Å²) in [5.74, 6) is 0.800. The summed E-state index contributed by atoms with van der Waals surface area (Å²) in [4.78, 5) is 14.8. The molecule has 152 valence electrons. The average molecular weight is 397 g/mol. The van der Waals surface area contributed by atoms with E-state index in [1.54, 1.807) is 12.1 Å². The van der Waals surface area contributed by atoms with Gasteiger partial charge in [-0.05, 0) is 82.9 Å². The van der Waals surface area contributed by atoms with Crippen LogP contribution in [0.2, 0.25) is 0 Å². The number of likely N-dealkylation sites (tertiary alicyclic amines) is 1. The maximum atomic E-state index is 12.4. The number of carbonyl (C=O) groups excluding carboxylic acids is 1. The van der Waals surface area contributed by atoms with E-state index in [-0.39, 0.29) is 16.8 Å². The number of sulfonamides is 1. The lowest BCUT2D eigenvalue weighted by molar-refractivity contribution is -0.126. The summed E-state index contributed by atoms with van der Waals surface area (Å²) in [6.07, 6.45) is 4.15. The van der Waals surface area contributed by atoms with Crippen molar-refractivity contribution in [3.8, 4) is 0 Å². The van der Waals surface area contributed by atoms with Crippen LogP contribution in [0.25, 0.3) is 0 Å². The highest BCUT2D eigenvalue weighted by Crippen LogP contribution is 2.21. The number of carbonyl (C=O) groups is 1. The van der Waals surface area contributed by atoms with Gasteiger partial charge in [-0.25, -0.2) is 13.6 Å². The fourth-order valence-corrected chi connectivity index (χ4v) is 3.98. The lowest BCUT2D eigenvalue weighted by atomic mass is 9.93. The predicted octanol–water partition coefficient (Wildman–Crippen LogP) is 0.703. The summed E-state index contributed by atoms with van der Waals surface area (Å²) >= 11 is 0. The van der Waals surface area contributed by atoms with Crippen molar-refractivity contribution in [3.05, 3.63) is 29.8 Å². The lowest BCUT2D eigenvalue weighted by Gasteiger charge is -2.35. The maximum absolute atomic E-state index is 12.4. The molecule has 1 aliphatic heterocycles. The minimum absolute atomic E-state index is 0.0461. The van der Waals surface area contributed by atoms with E-state index in [2.05, 4.69) is 15.5 Å². The second-order valence-corrected chi connectivity index (χ2v) is 8.84. The smallest absolute Gasteiger partial charge is 0.238 e. The normalized spacial score (nSPS) is 17.6. The molecule has 1 aromatic carbocycles. The molecule has 2 rings (SSSR count). The predicted molar refractivity (Wildman–Crippen MR) is 107 cm³/mol. The number of hydrogen-bond donors (Lipinski definition) is 3. The quantitative estimate of drug-likeness (QED) is 0.570. The Labute approximate surface area is 162 Å². The van der Waals surface area contributed by atoms with E-state index in [1.165, 1.54) is 18.6 Å². The molecule has 1 unspecified atom stereocenters. The van der Waals surface area contributed by atoms with Gasteiger partial charge in [0.05, 0.1) is 10.9 Å². The molecule has 8 heteroatoms. The summed E-state index contributed by atoms with van der Waals surface area (Å²) in [7, 11) is -1.68. The first-order valence-corrected chi connectivity index (χ1v) is 11.1. The number of rotatable bonds is 9. The van der Waals surface area contributed by atoms with E-state index in [0.717, 1.165) is 44.0 Å². The average Bonchev–Trinajstić information content (AvgIpc) is 2.66. The molecule has 0 saturated carbocycles. The molecule has 1 heterocycles. The molecule has 0 aliphatic carbocycles.